The molecule has 0 saturated heterocycles. The van der Waals surface area contributed by atoms with Gasteiger partial charge in [0.15, 0.2) is 0 Å². The maximum Gasteiger partial charge on any atom is 0.243 e. The van der Waals surface area contributed by atoms with Crippen LogP contribution < -0.4 is 10.0 Å². The van der Waals surface area contributed by atoms with Gasteiger partial charge in [-0.2, -0.15) is 5.10 Å². The number of nitrogens with one attached hydrogen (secondary N) is 2. The zero-order valence-corrected chi connectivity index (χ0v) is 11.8. The van der Waals surface area contributed by atoms with Crippen LogP contribution in [-0.2, 0) is 21.3 Å². The summed E-state index contributed by atoms with van der Waals surface area (Å²) in [6.45, 7) is 2.08. The molecule has 2 N–H and O–H groups in total. The van der Waals surface area contributed by atoms with Crippen molar-refractivity contribution in [2.24, 2.45) is 0 Å². The van der Waals surface area contributed by atoms with Gasteiger partial charge in [-0.25, -0.2) is 13.1 Å². The van der Waals surface area contributed by atoms with Gasteiger partial charge in [-0.15, -0.1) is 0 Å². The van der Waals surface area contributed by atoms with Crippen LogP contribution in [0.25, 0.3) is 0 Å². The highest BCUT2D eigenvalue weighted by molar-refractivity contribution is 7.89. The van der Waals surface area contributed by atoms with Crippen molar-refractivity contribution < 1.29 is 13.2 Å². The number of methoxy groups -OCH3 is 1. The van der Waals surface area contributed by atoms with E-state index in [1.807, 2.05) is 0 Å². The van der Waals surface area contributed by atoms with E-state index in [1.54, 1.807) is 10.9 Å². The number of ether oxygens (including phenoxy) is 1. The monoisotopic (exact) mass is 288 g/mol. The lowest BCUT2D eigenvalue weighted by Crippen LogP contribution is -2.27. The number of aromatic nitrogens is 2. The normalized spacial score (nSPS) is 15.8. The molecule has 108 valence electrons. The largest absolute Gasteiger partial charge is 0.383 e. The molecule has 1 aromatic heterocycles. The third-order valence-electron chi connectivity index (χ3n) is 2.87. The van der Waals surface area contributed by atoms with Gasteiger partial charge in [0.25, 0.3) is 0 Å². The van der Waals surface area contributed by atoms with Crippen LogP contribution in [0, 0.1) is 0 Å². The van der Waals surface area contributed by atoms with E-state index in [0.717, 1.165) is 6.54 Å². The molecule has 0 spiro atoms. The fourth-order valence-electron chi connectivity index (χ4n) is 1.64. The quantitative estimate of drug-likeness (QED) is 0.602. The van der Waals surface area contributed by atoms with Gasteiger partial charge < -0.3 is 10.1 Å². The van der Waals surface area contributed by atoms with Gasteiger partial charge in [-0.3, -0.25) is 4.68 Å². The molecule has 0 atom stereocenters. The number of hydrogen-bond acceptors (Lipinski definition) is 5. The number of nitrogens with zero attached hydrogens (tertiary/aromatic N) is 2. The van der Waals surface area contributed by atoms with Crippen LogP contribution in [0.5, 0.6) is 0 Å². The van der Waals surface area contributed by atoms with Gasteiger partial charge in [-0.1, -0.05) is 0 Å². The molecule has 0 bridgehead atoms. The van der Waals surface area contributed by atoms with Crippen LogP contribution in [0.3, 0.4) is 0 Å². The minimum atomic E-state index is -3.47. The van der Waals surface area contributed by atoms with Gasteiger partial charge in [0.1, 0.15) is 4.90 Å². The minimum Gasteiger partial charge on any atom is -0.383 e. The maximum absolute atomic E-state index is 11.9. The van der Waals surface area contributed by atoms with Gasteiger partial charge in [0.05, 0.1) is 19.3 Å². The van der Waals surface area contributed by atoms with Crippen molar-refractivity contribution in [3.05, 3.63) is 12.4 Å². The summed E-state index contributed by atoms with van der Waals surface area (Å²) in [5, 5.41) is 7.41. The smallest absolute Gasteiger partial charge is 0.243 e. The third-order valence-corrected chi connectivity index (χ3v) is 4.28. The summed E-state index contributed by atoms with van der Waals surface area (Å²) in [6, 6.07) is 0.648. The molecular formula is C11H20N4O3S. The average molecular weight is 288 g/mol. The molecule has 1 aromatic rings. The lowest BCUT2D eigenvalue weighted by atomic mass is 10.6. The van der Waals surface area contributed by atoms with E-state index < -0.39 is 10.0 Å². The van der Waals surface area contributed by atoms with Crippen LogP contribution >= 0.6 is 0 Å². The molecule has 19 heavy (non-hydrogen) atoms. The predicted octanol–water partition coefficient (Wildman–Crippen LogP) is -0.440. The molecule has 1 aliphatic carbocycles. The Hall–Kier alpha value is -0.960. The van der Waals surface area contributed by atoms with Crippen molar-refractivity contribution >= 4 is 10.0 Å². The molecule has 2 rings (SSSR count). The summed E-state index contributed by atoms with van der Waals surface area (Å²) in [6.07, 6.45) is 5.39. The Balaban J connectivity index is 1.83. The first-order valence-corrected chi connectivity index (χ1v) is 7.84. The second-order valence-electron chi connectivity index (χ2n) is 4.56. The SMILES string of the molecule is COCCNS(=O)(=O)c1cnn(CCNC2CC2)c1. The van der Waals surface area contributed by atoms with E-state index >= 15 is 0 Å². The van der Waals surface area contributed by atoms with Crippen molar-refractivity contribution in [1.29, 1.82) is 0 Å². The van der Waals surface area contributed by atoms with E-state index in [-0.39, 0.29) is 11.4 Å². The third kappa shape index (κ3) is 4.57. The fourth-order valence-corrected chi connectivity index (χ4v) is 2.60. The number of sulfonamides is 1. The first kappa shape index (κ1) is 14.4. The van der Waals surface area contributed by atoms with Gasteiger partial charge in [-0.05, 0) is 12.8 Å². The Morgan fingerprint density at radius 2 is 2.26 bits per heavy atom. The minimum absolute atomic E-state index is 0.190. The summed E-state index contributed by atoms with van der Waals surface area (Å²) in [5.41, 5.74) is 0. The molecule has 1 heterocycles. The topological polar surface area (TPSA) is 85.2 Å². The first-order valence-electron chi connectivity index (χ1n) is 6.36. The van der Waals surface area contributed by atoms with Gasteiger partial charge in [0.2, 0.25) is 10.0 Å². The van der Waals surface area contributed by atoms with Crippen LogP contribution in [0.1, 0.15) is 12.8 Å². The Labute approximate surface area is 113 Å². The van der Waals surface area contributed by atoms with Crippen molar-refractivity contribution in [3.63, 3.8) is 0 Å². The fraction of sp³-hybridized carbons (Fsp3) is 0.727. The van der Waals surface area contributed by atoms with Crippen LogP contribution in [-0.4, -0.2) is 51.0 Å². The Kier molecular flexibility index (Phi) is 4.92. The highest BCUT2D eigenvalue weighted by atomic mass is 32.2. The molecule has 0 radical (unpaired) electrons. The highest BCUT2D eigenvalue weighted by Gasteiger charge is 2.20. The molecule has 0 amide bonds. The molecular weight excluding hydrogens is 268 g/mol. The summed E-state index contributed by atoms with van der Waals surface area (Å²) in [4.78, 5) is 0.190. The Morgan fingerprint density at radius 1 is 1.47 bits per heavy atom. The van der Waals surface area contributed by atoms with E-state index in [1.165, 1.54) is 26.1 Å². The zero-order valence-electron chi connectivity index (χ0n) is 11.0. The van der Waals surface area contributed by atoms with E-state index in [0.29, 0.717) is 19.2 Å². The molecule has 0 aromatic carbocycles. The maximum atomic E-state index is 11.9. The predicted molar refractivity (Wildman–Crippen MR) is 70.3 cm³/mol. The second-order valence-corrected chi connectivity index (χ2v) is 6.33. The van der Waals surface area contributed by atoms with Crippen molar-refractivity contribution in [2.75, 3.05) is 26.8 Å². The molecule has 0 aliphatic heterocycles. The summed E-state index contributed by atoms with van der Waals surface area (Å²) < 4.78 is 32.6. The lowest BCUT2D eigenvalue weighted by Gasteiger charge is -2.04. The average Bonchev–Trinajstić information content (AvgIpc) is 3.05. The molecule has 0 unspecified atom stereocenters. The van der Waals surface area contributed by atoms with Crippen LogP contribution in [0.2, 0.25) is 0 Å². The molecule has 1 aliphatic rings. The van der Waals surface area contributed by atoms with Gasteiger partial charge >= 0.3 is 0 Å². The molecule has 8 heteroatoms. The Bertz CT molecular complexity index is 496. The van der Waals surface area contributed by atoms with Crippen LogP contribution in [0.4, 0.5) is 0 Å². The van der Waals surface area contributed by atoms with Crippen molar-refractivity contribution in [2.45, 2.75) is 30.3 Å². The second kappa shape index (κ2) is 6.47. The van der Waals surface area contributed by atoms with Gasteiger partial charge in [0, 0.05) is 32.4 Å². The summed E-state index contributed by atoms with van der Waals surface area (Å²) in [5.74, 6) is 0. The number of hydrogen-bond donors (Lipinski definition) is 2. The van der Waals surface area contributed by atoms with E-state index in [4.69, 9.17) is 4.74 Å². The van der Waals surface area contributed by atoms with Crippen LogP contribution in [0.15, 0.2) is 17.3 Å². The highest BCUT2D eigenvalue weighted by Crippen LogP contribution is 2.18. The summed E-state index contributed by atoms with van der Waals surface area (Å²) >= 11 is 0. The Morgan fingerprint density at radius 3 is 2.95 bits per heavy atom. The molecule has 1 fully saturated rings. The van der Waals surface area contributed by atoms with E-state index in [9.17, 15) is 8.42 Å². The standard InChI is InChI=1S/C11H20N4O3S/c1-18-7-5-14-19(16,17)11-8-13-15(9-11)6-4-12-10-2-3-10/h8-10,12,14H,2-7H2,1H3. The van der Waals surface area contributed by atoms with E-state index in [2.05, 4.69) is 15.1 Å². The summed E-state index contributed by atoms with van der Waals surface area (Å²) in [7, 11) is -1.95. The molecule has 1 saturated carbocycles. The molecule has 7 nitrogen and oxygen atoms in total. The lowest BCUT2D eigenvalue weighted by molar-refractivity contribution is 0.204. The van der Waals surface area contributed by atoms with Crippen molar-refractivity contribution in [3.8, 4) is 0 Å². The first-order chi connectivity index (χ1) is 9.12. The van der Waals surface area contributed by atoms with Crippen molar-refractivity contribution in [1.82, 2.24) is 19.8 Å². The zero-order chi connectivity index (χ0) is 13.7. The number of rotatable bonds is 9.